The van der Waals surface area contributed by atoms with E-state index in [-0.39, 0.29) is 30.3 Å². The summed E-state index contributed by atoms with van der Waals surface area (Å²) >= 11 is 1.27. The predicted molar refractivity (Wildman–Crippen MR) is 137 cm³/mol. The van der Waals surface area contributed by atoms with Gasteiger partial charge >= 0.3 is 0 Å². The lowest BCUT2D eigenvalue weighted by molar-refractivity contribution is -0.126. The van der Waals surface area contributed by atoms with Crippen LogP contribution in [0.1, 0.15) is 58.0 Å². The van der Waals surface area contributed by atoms with E-state index in [1.165, 1.54) is 22.5 Å². The number of thiazole rings is 1. The van der Waals surface area contributed by atoms with Crippen LogP contribution < -0.4 is 10.6 Å². The molecule has 3 aromatic rings. The average Bonchev–Trinajstić information content (AvgIpc) is 3.58. The van der Waals surface area contributed by atoms with Crippen LogP contribution in [-0.4, -0.2) is 58.2 Å². The fourth-order valence-electron chi connectivity index (χ4n) is 4.94. The van der Waals surface area contributed by atoms with Gasteiger partial charge in [-0.15, -0.1) is 11.3 Å². The van der Waals surface area contributed by atoms with E-state index in [1.807, 2.05) is 19.9 Å². The molecule has 10 heteroatoms. The summed E-state index contributed by atoms with van der Waals surface area (Å²) < 4.78 is 5.28. The number of nitrogens with one attached hydrogen (secondary N) is 2. The van der Waals surface area contributed by atoms with Gasteiger partial charge in [0.2, 0.25) is 5.91 Å². The van der Waals surface area contributed by atoms with Gasteiger partial charge in [-0.2, -0.15) is 0 Å². The van der Waals surface area contributed by atoms with Gasteiger partial charge in [0.25, 0.3) is 5.91 Å². The zero-order chi connectivity index (χ0) is 25.2. The molecule has 5 rings (SSSR count). The van der Waals surface area contributed by atoms with E-state index in [0.717, 1.165) is 38.3 Å². The third-order valence-electron chi connectivity index (χ3n) is 6.94. The van der Waals surface area contributed by atoms with Crippen LogP contribution in [-0.2, 0) is 11.3 Å². The Bertz CT molecular complexity index is 1250. The molecule has 0 radical (unpaired) electrons. The maximum absolute atomic E-state index is 13.3. The molecule has 1 aromatic carbocycles. The number of hydrogen-bond acceptors (Lipinski definition) is 8. The minimum atomic E-state index is -0.330. The maximum atomic E-state index is 13.3. The maximum Gasteiger partial charge on any atom is 0.263 e. The second kappa shape index (κ2) is 10.5. The van der Waals surface area contributed by atoms with Crippen LogP contribution in [0.4, 0.5) is 0 Å². The van der Waals surface area contributed by atoms with Gasteiger partial charge < -0.3 is 15.2 Å². The van der Waals surface area contributed by atoms with Crippen molar-refractivity contribution < 1.29 is 14.1 Å². The first-order valence-electron chi connectivity index (χ1n) is 12.5. The Morgan fingerprint density at radius 1 is 1.22 bits per heavy atom. The number of fused-ring (bicyclic) bond motifs is 2. The molecule has 2 amide bonds. The van der Waals surface area contributed by atoms with Crippen molar-refractivity contribution in [3.63, 3.8) is 0 Å². The predicted octanol–water partition coefficient (Wildman–Crippen LogP) is 3.46. The molecule has 0 saturated carbocycles. The summed E-state index contributed by atoms with van der Waals surface area (Å²) in [6.07, 6.45) is 1.77. The van der Waals surface area contributed by atoms with E-state index in [4.69, 9.17) is 4.52 Å². The third-order valence-corrected chi connectivity index (χ3v) is 8.11. The van der Waals surface area contributed by atoms with Crippen LogP contribution in [0.5, 0.6) is 0 Å². The summed E-state index contributed by atoms with van der Waals surface area (Å²) in [5, 5.41) is 15.5. The Hall–Kier alpha value is -3.08. The molecular formula is C26H32N6O3S. The summed E-state index contributed by atoms with van der Waals surface area (Å²) in [5.41, 5.74) is 3.82. The zero-order valence-corrected chi connectivity index (χ0v) is 21.7. The lowest BCUT2D eigenvalue weighted by Crippen LogP contribution is -2.44. The van der Waals surface area contributed by atoms with Crippen molar-refractivity contribution >= 4 is 23.2 Å². The molecule has 0 bridgehead atoms. The van der Waals surface area contributed by atoms with E-state index < -0.39 is 0 Å². The average molecular weight is 509 g/mol. The van der Waals surface area contributed by atoms with Crippen LogP contribution in [0.2, 0.25) is 0 Å². The van der Waals surface area contributed by atoms with Crippen LogP contribution in [0.25, 0.3) is 10.8 Å². The van der Waals surface area contributed by atoms with Gasteiger partial charge in [-0.1, -0.05) is 36.3 Å². The van der Waals surface area contributed by atoms with Crippen LogP contribution in [0.3, 0.4) is 0 Å². The van der Waals surface area contributed by atoms with Crippen molar-refractivity contribution in [2.75, 3.05) is 26.2 Å². The minimum Gasteiger partial charge on any atom is -0.353 e. The molecule has 2 aliphatic rings. The highest BCUT2D eigenvalue weighted by molar-refractivity contribution is 7.17. The Balaban J connectivity index is 1.24. The fraction of sp³-hybridized carbons (Fsp3) is 0.462. The normalized spacial score (nSPS) is 18.8. The number of nitrogens with zero attached hydrogens (tertiary/aromatic N) is 4. The molecule has 4 heterocycles. The van der Waals surface area contributed by atoms with Crippen LogP contribution in [0.15, 0.2) is 34.9 Å². The van der Waals surface area contributed by atoms with Crippen molar-refractivity contribution in [1.82, 2.24) is 30.8 Å². The summed E-state index contributed by atoms with van der Waals surface area (Å²) in [6, 6.07) is 10.1. The smallest absolute Gasteiger partial charge is 0.263 e. The highest BCUT2D eigenvalue weighted by Gasteiger charge is 2.32. The molecule has 2 N–H and O–H groups in total. The standard InChI is InChI=1S/C26H32N6O3S/c1-4-18(13-27-25(34)23-17(3)28-26(36-23)22-12-16(2)30-35-22)24(33)29-21-15-32-11-7-10-31(32)14-19-8-5-6-9-20(19)21/h5-6,8-9,12,18,21H,4,7,10-11,13-15H2,1-3H3,(H,27,34)(H,29,33)/t18-,21-/m1/s1. The Morgan fingerprint density at radius 2 is 2.03 bits per heavy atom. The number of amides is 2. The molecule has 190 valence electrons. The number of carbonyl (C=O) groups is 2. The van der Waals surface area contributed by atoms with E-state index in [1.54, 1.807) is 13.0 Å². The molecule has 0 unspecified atom stereocenters. The molecule has 9 nitrogen and oxygen atoms in total. The van der Waals surface area contributed by atoms with Gasteiger partial charge in [0.1, 0.15) is 4.88 Å². The summed E-state index contributed by atoms with van der Waals surface area (Å²) in [7, 11) is 0. The van der Waals surface area contributed by atoms with Crippen LogP contribution in [0, 0.1) is 19.8 Å². The largest absolute Gasteiger partial charge is 0.353 e. The van der Waals surface area contributed by atoms with Gasteiger partial charge in [-0.3, -0.25) is 9.59 Å². The first-order chi connectivity index (χ1) is 17.4. The highest BCUT2D eigenvalue weighted by Crippen LogP contribution is 2.30. The van der Waals surface area contributed by atoms with E-state index in [2.05, 4.69) is 49.0 Å². The van der Waals surface area contributed by atoms with Crippen molar-refractivity contribution in [3.05, 3.63) is 57.7 Å². The Labute approximate surface area is 214 Å². The van der Waals surface area contributed by atoms with Gasteiger partial charge in [0.15, 0.2) is 10.8 Å². The number of rotatable bonds is 7. The van der Waals surface area contributed by atoms with E-state index in [9.17, 15) is 9.59 Å². The van der Waals surface area contributed by atoms with E-state index >= 15 is 0 Å². The summed E-state index contributed by atoms with van der Waals surface area (Å²) in [6.45, 7) is 9.57. The van der Waals surface area contributed by atoms with Gasteiger partial charge in [0.05, 0.1) is 23.3 Å². The Kier molecular flexibility index (Phi) is 7.17. The second-order valence-corrected chi connectivity index (χ2v) is 10.5. The van der Waals surface area contributed by atoms with Gasteiger partial charge in [-0.25, -0.2) is 15.0 Å². The SMILES string of the molecule is CC[C@H](CNC(=O)c1sc(-c2cc(C)no2)nc1C)C(=O)N[C@@H]1CN2CCCN2Cc2ccccc21. The highest BCUT2D eigenvalue weighted by atomic mass is 32.1. The molecule has 0 aliphatic carbocycles. The number of carbonyl (C=O) groups excluding carboxylic acids is 2. The lowest BCUT2D eigenvalue weighted by atomic mass is 9.98. The first-order valence-corrected chi connectivity index (χ1v) is 13.3. The molecule has 2 atom stereocenters. The monoisotopic (exact) mass is 508 g/mol. The van der Waals surface area contributed by atoms with Crippen molar-refractivity contribution in [2.45, 2.75) is 46.2 Å². The molecule has 2 aliphatic heterocycles. The topological polar surface area (TPSA) is 104 Å². The van der Waals surface area contributed by atoms with E-state index in [0.29, 0.717) is 27.8 Å². The lowest BCUT2D eigenvalue weighted by Gasteiger charge is -2.28. The van der Waals surface area contributed by atoms with Gasteiger partial charge in [0, 0.05) is 38.8 Å². The quantitative estimate of drug-likeness (QED) is 0.504. The first kappa shape index (κ1) is 24.6. The number of benzene rings is 1. The number of aryl methyl sites for hydroxylation is 2. The molecule has 0 spiro atoms. The molecule has 1 saturated heterocycles. The molecular weight excluding hydrogens is 476 g/mol. The Morgan fingerprint density at radius 3 is 2.81 bits per heavy atom. The summed E-state index contributed by atoms with van der Waals surface area (Å²) in [5.74, 6) is -0.0512. The molecule has 2 aromatic heterocycles. The number of aromatic nitrogens is 2. The number of hydrogen-bond donors (Lipinski definition) is 2. The third kappa shape index (κ3) is 5.07. The van der Waals surface area contributed by atoms with Gasteiger partial charge in [-0.05, 0) is 37.8 Å². The van der Waals surface area contributed by atoms with Crippen molar-refractivity contribution in [3.8, 4) is 10.8 Å². The zero-order valence-electron chi connectivity index (χ0n) is 20.9. The fourth-order valence-corrected chi connectivity index (χ4v) is 5.87. The minimum absolute atomic E-state index is 0.0379. The van der Waals surface area contributed by atoms with Crippen LogP contribution >= 0.6 is 11.3 Å². The van der Waals surface area contributed by atoms with Crippen molar-refractivity contribution in [2.24, 2.45) is 5.92 Å². The number of hydrazine groups is 1. The molecule has 36 heavy (non-hydrogen) atoms. The molecule has 1 fully saturated rings. The second-order valence-electron chi connectivity index (χ2n) is 9.50. The van der Waals surface area contributed by atoms with Crippen molar-refractivity contribution in [1.29, 1.82) is 0 Å². The summed E-state index contributed by atoms with van der Waals surface area (Å²) in [4.78, 5) is 31.3.